The molecule has 28 heavy (non-hydrogen) atoms. The lowest BCUT2D eigenvalue weighted by atomic mass is 9.88. The first-order chi connectivity index (χ1) is 12.6. The quantitative estimate of drug-likeness (QED) is 0.497. The summed E-state index contributed by atoms with van der Waals surface area (Å²) in [7, 11) is 1.91. The number of hydrogen-bond acceptors (Lipinski definition) is 5. The molecular formula is C19H33ClN4O3S. The van der Waals surface area contributed by atoms with Crippen LogP contribution in [-0.2, 0) is 14.4 Å². The van der Waals surface area contributed by atoms with E-state index in [4.69, 9.17) is 0 Å². The number of thioether (sulfide) groups is 1. The van der Waals surface area contributed by atoms with Gasteiger partial charge in [-0.05, 0) is 32.6 Å². The maximum absolute atomic E-state index is 12.6. The molecule has 2 aliphatic rings. The zero-order valence-electron chi connectivity index (χ0n) is 17.4. The van der Waals surface area contributed by atoms with Crippen molar-refractivity contribution in [2.75, 3.05) is 12.8 Å². The van der Waals surface area contributed by atoms with E-state index in [-0.39, 0.29) is 35.7 Å². The van der Waals surface area contributed by atoms with E-state index >= 15 is 0 Å². The first-order valence-electron chi connectivity index (χ1n) is 9.72. The fraction of sp³-hybridized carbons (Fsp3) is 0.789. The number of hydrogen-bond donors (Lipinski definition) is 2. The molecule has 2 N–H and O–H groups in total. The summed E-state index contributed by atoms with van der Waals surface area (Å²) in [6.07, 6.45) is 4.94. The van der Waals surface area contributed by atoms with E-state index in [1.807, 2.05) is 25.8 Å². The number of halogens is 1. The molecule has 2 rings (SSSR count). The van der Waals surface area contributed by atoms with Gasteiger partial charge in [0, 0.05) is 24.3 Å². The highest BCUT2D eigenvalue weighted by molar-refractivity contribution is 8.14. The molecule has 1 saturated heterocycles. The Kier molecular flexibility index (Phi) is 9.27. The molecule has 2 amide bonds. The van der Waals surface area contributed by atoms with Crippen LogP contribution in [-0.4, -0.2) is 52.0 Å². The van der Waals surface area contributed by atoms with Crippen molar-refractivity contribution >= 4 is 46.9 Å². The highest BCUT2D eigenvalue weighted by Crippen LogP contribution is 2.30. The minimum absolute atomic E-state index is 0. The topological polar surface area (TPSA) is 90.9 Å². The Morgan fingerprint density at radius 3 is 2.29 bits per heavy atom. The second kappa shape index (κ2) is 10.5. The molecule has 1 aliphatic heterocycles. The van der Waals surface area contributed by atoms with Gasteiger partial charge in [0.2, 0.25) is 11.7 Å². The molecule has 2 fully saturated rings. The van der Waals surface area contributed by atoms with Crippen molar-refractivity contribution in [3.8, 4) is 0 Å². The zero-order valence-corrected chi connectivity index (χ0v) is 19.0. The SMILES string of the molecule is CC(C)[C@H](NC(=O)C1CCCCC1)C(=O)C(=O)NN=C1SCC(C)(C)N1C.Cl. The Labute approximate surface area is 178 Å². The molecule has 0 unspecified atom stereocenters. The normalized spacial score (nSPS) is 21.9. The maximum atomic E-state index is 12.6. The Balaban J connectivity index is 0.00000392. The average Bonchev–Trinajstić information content (AvgIpc) is 2.90. The summed E-state index contributed by atoms with van der Waals surface area (Å²) < 4.78 is 0. The monoisotopic (exact) mass is 432 g/mol. The van der Waals surface area contributed by atoms with Gasteiger partial charge in [-0.15, -0.1) is 17.5 Å². The van der Waals surface area contributed by atoms with Crippen molar-refractivity contribution in [2.24, 2.45) is 16.9 Å². The number of carbonyl (C=O) groups excluding carboxylic acids is 3. The van der Waals surface area contributed by atoms with Crippen LogP contribution in [0.15, 0.2) is 5.10 Å². The van der Waals surface area contributed by atoms with Gasteiger partial charge in [-0.25, -0.2) is 5.43 Å². The molecule has 9 heteroatoms. The molecule has 1 atom stereocenters. The van der Waals surface area contributed by atoms with Gasteiger partial charge in [0.15, 0.2) is 5.17 Å². The van der Waals surface area contributed by atoms with Crippen molar-refractivity contribution in [1.82, 2.24) is 15.6 Å². The van der Waals surface area contributed by atoms with E-state index in [9.17, 15) is 14.4 Å². The van der Waals surface area contributed by atoms with Crippen LogP contribution in [0, 0.1) is 11.8 Å². The second-order valence-corrected chi connectivity index (χ2v) is 9.37. The summed E-state index contributed by atoms with van der Waals surface area (Å²) in [5, 5.41) is 7.58. The van der Waals surface area contributed by atoms with Gasteiger partial charge >= 0.3 is 5.91 Å². The molecule has 0 aromatic rings. The van der Waals surface area contributed by atoms with Crippen molar-refractivity contribution < 1.29 is 14.4 Å². The first kappa shape index (κ1) is 24.8. The summed E-state index contributed by atoms with van der Waals surface area (Å²) in [5.41, 5.74) is 2.32. The Morgan fingerprint density at radius 2 is 1.79 bits per heavy atom. The van der Waals surface area contributed by atoms with Crippen molar-refractivity contribution in [2.45, 2.75) is 71.4 Å². The Bertz CT molecular complexity index is 618. The lowest BCUT2D eigenvalue weighted by Crippen LogP contribution is -2.51. The highest BCUT2D eigenvalue weighted by atomic mass is 35.5. The van der Waals surface area contributed by atoms with Gasteiger partial charge in [0.05, 0.1) is 6.04 Å². The van der Waals surface area contributed by atoms with Crippen LogP contribution in [0.5, 0.6) is 0 Å². The standard InChI is InChI=1S/C19H32N4O3S.ClH/c1-12(2)14(20-16(25)13-9-7-6-8-10-13)15(24)17(26)21-22-18-23(5)19(3,4)11-27-18;/h12-14H,6-11H2,1-5H3,(H,20,25)(H,21,26);1H/t14-;/m0./s1. The van der Waals surface area contributed by atoms with Gasteiger partial charge in [-0.3, -0.25) is 14.4 Å². The largest absolute Gasteiger partial charge is 0.347 e. The van der Waals surface area contributed by atoms with E-state index in [1.54, 1.807) is 0 Å². The minimum atomic E-state index is -0.829. The Hall–Kier alpha value is -1.28. The first-order valence-corrected chi connectivity index (χ1v) is 10.7. The highest BCUT2D eigenvalue weighted by Gasteiger charge is 2.35. The lowest BCUT2D eigenvalue weighted by Gasteiger charge is -2.27. The molecule has 1 heterocycles. The zero-order chi connectivity index (χ0) is 20.2. The summed E-state index contributed by atoms with van der Waals surface area (Å²) in [6.45, 7) is 7.83. The molecule has 0 radical (unpaired) electrons. The fourth-order valence-corrected chi connectivity index (χ4v) is 4.49. The van der Waals surface area contributed by atoms with Gasteiger partial charge in [-0.1, -0.05) is 44.9 Å². The van der Waals surface area contributed by atoms with Crippen molar-refractivity contribution in [1.29, 1.82) is 0 Å². The molecular weight excluding hydrogens is 400 g/mol. The van der Waals surface area contributed by atoms with Gasteiger partial charge in [0.25, 0.3) is 0 Å². The average molecular weight is 433 g/mol. The van der Waals surface area contributed by atoms with Crippen LogP contribution in [0.2, 0.25) is 0 Å². The van der Waals surface area contributed by atoms with Gasteiger partial charge in [-0.2, -0.15) is 0 Å². The van der Waals surface area contributed by atoms with Crippen LogP contribution in [0.4, 0.5) is 0 Å². The molecule has 1 aliphatic carbocycles. The third-order valence-corrected chi connectivity index (χ3v) is 6.92. The number of rotatable bonds is 6. The number of amidine groups is 1. The van der Waals surface area contributed by atoms with Crippen LogP contribution in [0.3, 0.4) is 0 Å². The number of Topliss-reactive ketones (excluding diaryl/α,β-unsaturated/α-hetero) is 1. The number of nitrogens with zero attached hydrogens (tertiary/aromatic N) is 2. The van der Waals surface area contributed by atoms with Crippen LogP contribution >= 0.6 is 24.2 Å². The van der Waals surface area contributed by atoms with E-state index < -0.39 is 17.7 Å². The molecule has 1 saturated carbocycles. The smallest absolute Gasteiger partial charge is 0.309 e. The summed E-state index contributed by atoms with van der Waals surface area (Å²) >= 11 is 1.54. The molecule has 0 bridgehead atoms. The van der Waals surface area contributed by atoms with E-state index in [2.05, 4.69) is 29.7 Å². The van der Waals surface area contributed by atoms with Crippen LogP contribution in [0.25, 0.3) is 0 Å². The molecule has 0 aromatic heterocycles. The van der Waals surface area contributed by atoms with Crippen LogP contribution < -0.4 is 10.7 Å². The molecule has 0 aromatic carbocycles. The summed E-state index contributed by atoms with van der Waals surface area (Å²) in [5.74, 6) is -0.924. The van der Waals surface area contributed by atoms with Crippen molar-refractivity contribution in [3.63, 3.8) is 0 Å². The van der Waals surface area contributed by atoms with E-state index in [0.717, 1.165) is 37.9 Å². The number of ketones is 1. The Morgan fingerprint density at radius 1 is 1.18 bits per heavy atom. The third-order valence-electron chi connectivity index (χ3n) is 5.45. The van der Waals surface area contributed by atoms with Gasteiger partial charge in [0.1, 0.15) is 0 Å². The van der Waals surface area contributed by atoms with E-state index in [1.165, 1.54) is 11.8 Å². The fourth-order valence-electron chi connectivity index (χ4n) is 3.27. The number of nitrogens with one attached hydrogen (secondary N) is 2. The van der Waals surface area contributed by atoms with E-state index in [0.29, 0.717) is 5.17 Å². The predicted molar refractivity (Wildman–Crippen MR) is 115 cm³/mol. The number of amides is 2. The number of carbonyl (C=O) groups is 3. The maximum Gasteiger partial charge on any atom is 0.309 e. The third kappa shape index (κ3) is 6.11. The minimum Gasteiger partial charge on any atom is -0.347 e. The molecule has 160 valence electrons. The second-order valence-electron chi connectivity index (χ2n) is 8.42. The predicted octanol–water partition coefficient (Wildman–Crippen LogP) is 2.54. The van der Waals surface area contributed by atoms with Crippen LogP contribution in [0.1, 0.15) is 59.8 Å². The summed E-state index contributed by atoms with van der Waals surface area (Å²) in [4.78, 5) is 39.4. The number of hydrazone groups is 1. The van der Waals surface area contributed by atoms with Crippen molar-refractivity contribution in [3.05, 3.63) is 0 Å². The molecule has 7 nitrogen and oxygen atoms in total. The van der Waals surface area contributed by atoms with Gasteiger partial charge < -0.3 is 10.2 Å². The lowest BCUT2D eigenvalue weighted by molar-refractivity contribution is -0.141. The summed E-state index contributed by atoms with van der Waals surface area (Å²) in [6, 6.07) is -0.829. The molecule has 0 spiro atoms.